The van der Waals surface area contributed by atoms with Gasteiger partial charge in [-0.05, 0) is 30.7 Å². The van der Waals surface area contributed by atoms with Crippen LogP contribution in [0.1, 0.15) is 28.9 Å². The van der Waals surface area contributed by atoms with Crippen molar-refractivity contribution >= 4 is 35.0 Å². The lowest BCUT2D eigenvalue weighted by Crippen LogP contribution is -2.18. The number of nitrogens with two attached hydrogens (primary N) is 1. The summed E-state index contributed by atoms with van der Waals surface area (Å²) >= 11 is 0. The summed E-state index contributed by atoms with van der Waals surface area (Å²) in [4.78, 5) is 32.2. The van der Waals surface area contributed by atoms with Crippen molar-refractivity contribution in [2.45, 2.75) is 13.0 Å². The van der Waals surface area contributed by atoms with Gasteiger partial charge in [0.05, 0.1) is 5.56 Å². The molecule has 9 heteroatoms. The molecule has 2 aromatic carbocycles. The van der Waals surface area contributed by atoms with E-state index in [0.29, 0.717) is 17.2 Å². The molecule has 5 N–H and O–H groups in total. The van der Waals surface area contributed by atoms with Crippen molar-refractivity contribution in [1.82, 2.24) is 9.97 Å². The zero-order chi connectivity index (χ0) is 22.2. The van der Waals surface area contributed by atoms with Gasteiger partial charge < -0.3 is 26.4 Å². The smallest absolute Gasteiger partial charge is 0.254 e. The van der Waals surface area contributed by atoms with E-state index in [9.17, 15) is 9.59 Å². The molecule has 0 fully saturated rings. The maximum Gasteiger partial charge on any atom is 0.254 e. The Morgan fingerprint density at radius 2 is 1.84 bits per heavy atom. The summed E-state index contributed by atoms with van der Waals surface area (Å²) in [5, 5.41) is 9.03. The van der Waals surface area contributed by atoms with Crippen LogP contribution in [0.4, 0.5) is 23.1 Å². The van der Waals surface area contributed by atoms with Crippen LogP contribution >= 0.6 is 0 Å². The Labute approximate surface area is 180 Å². The Hall–Kier alpha value is -3.98. The number of hydrogen-bond acceptors (Lipinski definition) is 7. The molecule has 0 radical (unpaired) electrons. The van der Waals surface area contributed by atoms with Crippen LogP contribution in [0.2, 0.25) is 0 Å². The molecule has 2 amide bonds. The molecule has 0 aliphatic carbocycles. The van der Waals surface area contributed by atoms with E-state index >= 15 is 0 Å². The lowest BCUT2D eigenvalue weighted by atomic mass is 10.1. The summed E-state index contributed by atoms with van der Waals surface area (Å²) in [6, 6.07) is 16.7. The van der Waals surface area contributed by atoms with E-state index in [2.05, 4.69) is 25.9 Å². The number of benzene rings is 2. The molecule has 0 saturated carbocycles. The Morgan fingerprint density at radius 1 is 1.10 bits per heavy atom. The molecule has 0 aliphatic heterocycles. The average Bonchev–Trinajstić information content (AvgIpc) is 2.74. The minimum atomic E-state index is -0.628. The van der Waals surface area contributed by atoms with Gasteiger partial charge in [0.2, 0.25) is 11.9 Å². The third-order valence-corrected chi connectivity index (χ3v) is 4.38. The third kappa shape index (κ3) is 6.00. The van der Waals surface area contributed by atoms with Crippen molar-refractivity contribution < 1.29 is 14.3 Å². The number of nitrogens with one attached hydrogen (secondary N) is 3. The van der Waals surface area contributed by atoms with Crippen molar-refractivity contribution in [3.8, 4) is 0 Å². The number of carbonyl (C=O) groups is 2. The van der Waals surface area contributed by atoms with Gasteiger partial charge >= 0.3 is 0 Å². The highest BCUT2D eigenvalue weighted by molar-refractivity contribution is 5.97. The molecular weight excluding hydrogens is 396 g/mol. The molecule has 0 unspecified atom stereocenters. The number of carbonyl (C=O) groups excluding carboxylic acids is 2. The van der Waals surface area contributed by atoms with Crippen molar-refractivity contribution in [1.29, 1.82) is 0 Å². The van der Waals surface area contributed by atoms with Crippen LogP contribution in [-0.4, -0.2) is 35.5 Å². The zero-order valence-electron chi connectivity index (χ0n) is 17.3. The van der Waals surface area contributed by atoms with Gasteiger partial charge in [0, 0.05) is 30.7 Å². The van der Waals surface area contributed by atoms with E-state index in [4.69, 9.17) is 10.5 Å². The van der Waals surface area contributed by atoms with Gasteiger partial charge in [-0.3, -0.25) is 9.59 Å². The normalized spacial score (nSPS) is 11.4. The molecule has 1 heterocycles. The largest absolute Gasteiger partial charge is 0.375 e. The Morgan fingerprint density at radius 3 is 2.55 bits per heavy atom. The quantitative estimate of drug-likeness (QED) is 0.418. The van der Waals surface area contributed by atoms with Crippen LogP contribution in [0, 0.1) is 0 Å². The number of nitrogens with zero attached hydrogens (tertiary/aromatic N) is 2. The average molecular weight is 420 g/mol. The topological polar surface area (TPSA) is 131 Å². The van der Waals surface area contributed by atoms with E-state index in [-0.39, 0.29) is 30.1 Å². The number of methoxy groups -OCH3 is 1. The van der Waals surface area contributed by atoms with Crippen LogP contribution in [0.25, 0.3) is 0 Å². The first kappa shape index (κ1) is 21.7. The molecule has 0 bridgehead atoms. The van der Waals surface area contributed by atoms with Crippen LogP contribution < -0.4 is 21.7 Å². The number of aromatic nitrogens is 2. The monoisotopic (exact) mass is 420 g/mol. The van der Waals surface area contributed by atoms with Gasteiger partial charge in [-0.1, -0.05) is 36.4 Å². The maximum atomic E-state index is 11.8. The lowest BCUT2D eigenvalue weighted by Gasteiger charge is -2.17. The number of ether oxygens (including phenoxy) is 1. The van der Waals surface area contributed by atoms with Gasteiger partial charge in [-0.15, -0.1) is 0 Å². The predicted molar refractivity (Wildman–Crippen MR) is 119 cm³/mol. The highest BCUT2D eigenvalue weighted by Gasteiger charge is 2.15. The molecule has 31 heavy (non-hydrogen) atoms. The van der Waals surface area contributed by atoms with Crippen molar-refractivity contribution in [3.05, 3.63) is 71.9 Å². The van der Waals surface area contributed by atoms with Crippen LogP contribution in [0.15, 0.2) is 60.8 Å². The lowest BCUT2D eigenvalue weighted by molar-refractivity contribution is -0.119. The molecule has 0 saturated heterocycles. The fourth-order valence-electron chi connectivity index (χ4n) is 2.89. The molecule has 1 atom stereocenters. The second kappa shape index (κ2) is 10.2. The molecule has 0 aliphatic rings. The summed E-state index contributed by atoms with van der Waals surface area (Å²) in [6.07, 6.45) is 1.38. The Balaban J connectivity index is 1.80. The first-order valence-electron chi connectivity index (χ1n) is 9.60. The first-order chi connectivity index (χ1) is 15.0. The van der Waals surface area contributed by atoms with Gasteiger partial charge in [0.25, 0.3) is 5.91 Å². The van der Waals surface area contributed by atoms with E-state index < -0.39 is 5.91 Å². The van der Waals surface area contributed by atoms with Crippen molar-refractivity contribution in [2.75, 3.05) is 29.7 Å². The summed E-state index contributed by atoms with van der Waals surface area (Å²) in [6.45, 7) is 1.92. The van der Waals surface area contributed by atoms with Gasteiger partial charge in [-0.2, -0.15) is 4.98 Å². The van der Waals surface area contributed by atoms with Crippen LogP contribution in [-0.2, 0) is 9.53 Å². The van der Waals surface area contributed by atoms with E-state index in [1.165, 1.54) is 13.3 Å². The van der Waals surface area contributed by atoms with Gasteiger partial charge in [-0.25, -0.2) is 4.98 Å². The molecule has 3 rings (SSSR count). The van der Waals surface area contributed by atoms with Crippen molar-refractivity contribution in [2.24, 2.45) is 5.73 Å². The number of primary amides is 1. The SMILES string of the molecule is COCC(=O)Nc1cccc(Nc2ncc(C(N)=O)c(N[C@@H](C)c3ccccc3)n2)c1. The molecule has 1 aromatic heterocycles. The number of rotatable bonds is 9. The predicted octanol–water partition coefficient (Wildman–Crippen LogP) is 3.08. The van der Waals surface area contributed by atoms with Gasteiger partial charge in [0.1, 0.15) is 12.4 Å². The first-order valence-corrected chi connectivity index (χ1v) is 9.60. The molecule has 0 spiro atoms. The minimum absolute atomic E-state index is 0.0377. The number of hydrogen-bond donors (Lipinski definition) is 4. The second-order valence-corrected chi connectivity index (χ2v) is 6.78. The fraction of sp³-hybridized carbons (Fsp3) is 0.182. The molecule has 160 valence electrons. The van der Waals surface area contributed by atoms with Crippen LogP contribution in [0.3, 0.4) is 0 Å². The highest BCUT2D eigenvalue weighted by atomic mass is 16.5. The zero-order valence-corrected chi connectivity index (χ0v) is 17.3. The Bertz CT molecular complexity index is 1060. The summed E-state index contributed by atoms with van der Waals surface area (Å²) in [7, 11) is 1.45. The fourth-order valence-corrected chi connectivity index (χ4v) is 2.89. The summed E-state index contributed by atoms with van der Waals surface area (Å²) in [5.74, 6) is -0.292. The summed E-state index contributed by atoms with van der Waals surface area (Å²) in [5.41, 5.74) is 7.97. The molecule has 3 aromatic rings. The van der Waals surface area contributed by atoms with Crippen LogP contribution in [0.5, 0.6) is 0 Å². The number of amides is 2. The standard InChI is InChI=1S/C22H24N6O3/c1-14(15-7-4-3-5-8-15)25-21-18(20(23)30)12-24-22(28-21)27-17-10-6-9-16(11-17)26-19(29)13-31-2/h3-12,14H,13H2,1-2H3,(H2,23,30)(H,26,29)(H2,24,25,27,28)/t14-/m0/s1. The Kier molecular flexibility index (Phi) is 7.13. The third-order valence-electron chi connectivity index (χ3n) is 4.38. The van der Waals surface area contributed by atoms with E-state index in [0.717, 1.165) is 5.56 Å². The minimum Gasteiger partial charge on any atom is -0.375 e. The maximum absolute atomic E-state index is 11.8. The molecule has 9 nitrogen and oxygen atoms in total. The van der Waals surface area contributed by atoms with E-state index in [1.807, 2.05) is 37.3 Å². The van der Waals surface area contributed by atoms with Crippen molar-refractivity contribution in [3.63, 3.8) is 0 Å². The summed E-state index contributed by atoms with van der Waals surface area (Å²) < 4.78 is 4.82. The van der Waals surface area contributed by atoms with Gasteiger partial charge in [0.15, 0.2) is 0 Å². The highest BCUT2D eigenvalue weighted by Crippen LogP contribution is 2.23. The van der Waals surface area contributed by atoms with E-state index in [1.54, 1.807) is 24.3 Å². The number of anilines is 4. The molecular formula is C22H24N6O3. The second-order valence-electron chi connectivity index (χ2n) is 6.78.